The zero-order chi connectivity index (χ0) is 25.1. The second-order valence-corrected chi connectivity index (χ2v) is 7.99. The normalized spacial score (nSPS) is 11.0. The maximum absolute atomic E-state index is 14.3. The van der Waals surface area contributed by atoms with Crippen molar-refractivity contribution in [2.45, 2.75) is 34.1 Å². The van der Waals surface area contributed by atoms with Gasteiger partial charge in [-0.05, 0) is 68.1 Å². The fraction of sp³-hybridized carbons (Fsp3) is 0.280. The predicted molar refractivity (Wildman–Crippen MR) is 125 cm³/mol. The Kier molecular flexibility index (Phi) is 6.81. The molecular weight excluding hydrogens is 457 g/mol. The fourth-order valence-corrected chi connectivity index (χ4v) is 3.47. The first-order valence-corrected chi connectivity index (χ1v) is 11.0. The van der Waals surface area contributed by atoms with Gasteiger partial charge in [-0.25, -0.2) is 14.2 Å². The van der Waals surface area contributed by atoms with Gasteiger partial charge in [-0.2, -0.15) is 9.97 Å². The van der Waals surface area contributed by atoms with Gasteiger partial charge < -0.3 is 23.7 Å². The van der Waals surface area contributed by atoms with Crippen molar-refractivity contribution < 1.29 is 32.9 Å². The third-order valence-electron chi connectivity index (χ3n) is 4.99. The highest BCUT2D eigenvalue weighted by Gasteiger charge is 2.20. The molecule has 10 heteroatoms. The van der Waals surface area contributed by atoms with Gasteiger partial charge in [0.05, 0.1) is 6.61 Å². The van der Waals surface area contributed by atoms with Crippen LogP contribution < -0.4 is 14.2 Å². The number of carboxylic acid groups (broad SMARTS) is 1. The number of aryl methyl sites for hydroxylation is 3. The van der Waals surface area contributed by atoms with Crippen molar-refractivity contribution in [3.63, 3.8) is 0 Å². The number of carbonyl (C=O) groups is 1. The first kappa shape index (κ1) is 23.9. The van der Waals surface area contributed by atoms with E-state index in [9.17, 15) is 9.18 Å². The molecule has 2 heterocycles. The summed E-state index contributed by atoms with van der Waals surface area (Å²) >= 11 is 0. The van der Waals surface area contributed by atoms with Gasteiger partial charge in [0, 0.05) is 5.56 Å². The molecule has 9 nitrogen and oxygen atoms in total. The van der Waals surface area contributed by atoms with Crippen LogP contribution in [0.5, 0.6) is 23.4 Å². The number of hydrogen-bond donors (Lipinski definition) is 1. The summed E-state index contributed by atoms with van der Waals surface area (Å²) in [5, 5.41) is 8.89. The quantitative estimate of drug-likeness (QED) is 0.335. The first-order chi connectivity index (χ1) is 16.7. The Balaban J connectivity index is 1.73. The number of benzene rings is 2. The number of nitrogens with zero attached hydrogens (tertiary/aromatic N) is 3. The number of halogens is 1. The van der Waals surface area contributed by atoms with Gasteiger partial charge in [0.25, 0.3) is 11.6 Å². The lowest BCUT2D eigenvalue weighted by atomic mass is 10.1. The standard InChI is InChI=1S/C25H24FN3O6/c1-5-8-32-23-20-24(29-25(28-23)34-18-7-6-13(2)9-17(18)26)35-22(27-20)16-10-14(3)21(15(4)11-16)33-12-19(30)31/h6-7,9-11H,5,8,12H2,1-4H3,(H,30,31). The average molecular weight is 481 g/mol. The van der Waals surface area contributed by atoms with Crippen LogP contribution in [-0.2, 0) is 4.79 Å². The second kappa shape index (κ2) is 9.96. The maximum atomic E-state index is 14.3. The maximum Gasteiger partial charge on any atom is 0.341 e. The van der Waals surface area contributed by atoms with Crippen LogP contribution in [0.2, 0.25) is 0 Å². The Hall–Kier alpha value is -4.21. The third kappa shape index (κ3) is 5.32. The molecule has 0 aliphatic heterocycles. The SMILES string of the molecule is CCCOc1nc(Oc2ccc(C)cc2F)nc2oc(-c3cc(C)c(OCC(=O)O)c(C)c3)nc12. The Morgan fingerprint density at radius 3 is 2.46 bits per heavy atom. The van der Waals surface area contributed by atoms with E-state index in [0.717, 1.165) is 23.1 Å². The molecule has 2 aromatic heterocycles. The fourth-order valence-electron chi connectivity index (χ4n) is 3.47. The number of carboxylic acids is 1. The molecule has 0 bridgehead atoms. The number of fused-ring (bicyclic) bond motifs is 1. The third-order valence-corrected chi connectivity index (χ3v) is 4.99. The Bertz CT molecular complexity index is 1380. The highest BCUT2D eigenvalue weighted by atomic mass is 19.1. The van der Waals surface area contributed by atoms with Gasteiger partial charge >= 0.3 is 12.0 Å². The number of rotatable bonds is 9. The lowest BCUT2D eigenvalue weighted by Crippen LogP contribution is -2.10. The summed E-state index contributed by atoms with van der Waals surface area (Å²) in [5.41, 5.74) is 3.24. The minimum Gasteiger partial charge on any atom is -0.481 e. The van der Waals surface area contributed by atoms with Crippen molar-refractivity contribution >= 4 is 17.2 Å². The van der Waals surface area contributed by atoms with Crippen LogP contribution in [0.4, 0.5) is 4.39 Å². The Morgan fingerprint density at radius 1 is 1.06 bits per heavy atom. The van der Waals surface area contributed by atoms with E-state index in [-0.39, 0.29) is 29.2 Å². The summed E-state index contributed by atoms with van der Waals surface area (Å²) in [6, 6.07) is 7.97. The molecule has 0 unspecified atom stereocenters. The van der Waals surface area contributed by atoms with E-state index < -0.39 is 18.4 Å². The van der Waals surface area contributed by atoms with Crippen molar-refractivity contribution in [1.29, 1.82) is 0 Å². The number of oxazole rings is 1. The molecule has 0 saturated heterocycles. The molecule has 0 fully saturated rings. The molecule has 0 atom stereocenters. The van der Waals surface area contributed by atoms with E-state index in [0.29, 0.717) is 23.4 Å². The second-order valence-electron chi connectivity index (χ2n) is 7.99. The summed E-state index contributed by atoms with van der Waals surface area (Å²) in [5.74, 6) is -0.739. The number of aliphatic carboxylic acids is 1. The predicted octanol–water partition coefficient (Wildman–Crippen LogP) is 5.39. The van der Waals surface area contributed by atoms with Crippen molar-refractivity contribution in [1.82, 2.24) is 15.0 Å². The summed E-state index contributed by atoms with van der Waals surface area (Å²) in [6.45, 7) is 7.26. The van der Waals surface area contributed by atoms with Gasteiger partial charge in [-0.1, -0.05) is 13.0 Å². The average Bonchev–Trinajstić information content (AvgIpc) is 3.23. The van der Waals surface area contributed by atoms with Gasteiger partial charge in [-0.3, -0.25) is 0 Å². The molecule has 0 spiro atoms. The van der Waals surface area contributed by atoms with Gasteiger partial charge in [0.15, 0.2) is 23.7 Å². The van der Waals surface area contributed by atoms with Crippen molar-refractivity contribution in [2.24, 2.45) is 0 Å². The van der Waals surface area contributed by atoms with E-state index in [1.165, 1.54) is 12.1 Å². The van der Waals surface area contributed by atoms with Gasteiger partial charge in [0.2, 0.25) is 5.89 Å². The van der Waals surface area contributed by atoms with Crippen LogP contribution in [0.25, 0.3) is 22.7 Å². The minimum absolute atomic E-state index is 0.0284. The molecule has 35 heavy (non-hydrogen) atoms. The van der Waals surface area contributed by atoms with Crippen LogP contribution >= 0.6 is 0 Å². The molecule has 0 radical (unpaired) electrons. The molecular formula is C25H24FN3O6. The first-order valence-electron chi connectivity index (χ1n) is 11.0. The summed E-state index contributed by atoms with van der Waals surface area (Å²) in [6.07, 6.45) is 0.731. The van der Waals surface area contributed by atoms with Crippen LogP contribution in [0.1, 0.15) is 30.0 Å². The number of aromatic nitrogens is 3. The van der Waals surface area contributed by atoms with Crippen LogP contribution in [-0.4, -0.2) is 39.2 Å². The number of hydrogen-bond acceptors (Lipinski definition) is 8. The topological polar surface area (TPSA) is 117 Å². The Labute approximate surface area is 200 Å². The summed E-state index contributed by atoms with van der Waals surface area (Å²) < 4.78 is 36.9. The lowest BCUT2D eigenvalue weighted by molar-refractivity contribution is -0.139. The van der Waals surface area contributed by atoms with Gasteiger partial charge in [0.1, 0.15) is 5.75 Å². The van der Waals surface area contributed by atoms with Crippen LogP contribution in [0.15, 0.2) is 34.7 Å². The van der Waals surface area contributed by atoms with E-state index in [1.54, 1.807) is 39.0 Å². The van der Waals surface area contributed by atoms with E-state index >= 15 is 0 Å². The van der Waals surface area contributed by atoms with Crippen molar-refractivity contribution in [3.8, 4) is 34.8 Å². The van der Waals surface area contributed by atoms with Crippen molar-refractivity contribution in [3.05, 3.63) is 52.8 Å². The minimum atomic E-state index is -1.06. The van der Waals surface area contributed by atoms with E-state index in [1.807, 2.05) is 6.92 Å². The molecule has 0 aliphatic carbocycles. The van der Waals surface area contributed by atoms with E-state index in [2.05, 4.69) is 15.0 Å². The summed E-state index contributed by atoms with van der Waals surface area (Å²) in [7, 11) is 0. The molecule has 182 valence electrons. The highest BCUT2D eigenvalue weighted by Crippen LogP contribution is 2.34. The zero-order valence-electron chi connectivity index (χ0n) is 19.7. The molecule has 1 N–H and O–H groups in total. The van der Waals surface area contributed by atoms with Crippen LogP contribution in [0.3, 0.4) is 0 Å². The van der Waals surface area contributed by atoms with Crippen LogP contribution in [0, 0.1) is 26.6 Å². The molecule has 2 aromatic carbocycles. The van der Waals surface area contributed by atoms with Crippen molar-refractivity contribution in [2.75, 3.05) is 13.2 Å². The zero-order valence-corrected chi connectivity index (χ0v) is 19.7. The lowest BCUT2D eigenvalue weighted by Gasteiger charge is -2.11. The molecule has 4 rings (SSSR count). The van der Waals surface area contributed by atoms with Gasteiger partial charge in [-0.15, -0.1) is 0 Å². The van der Waals surface area contributed by atoms with E-state index in [4.69, 9.17) is 23.7 Å². The molecule has 0 amide bonds. The monoisotopic (exact) mass is 481 g/mol. The number of ether oxygens (including phenoxy) is 3. The summed E-state index contributed by atoms with van der Waals surface area (Å²) in [4.78, 5) is 23.9. The molecule has 0 saturated carbocycles. The smallest absolute Gasteiger partial charge is 0.341 e. The highest BCUT2D eigenvalue weighted by molar-refractivity contribution is 5.78. The molecule has 4 aromatic rings. The largest absolute Gasteiger partial charge is 0.481 e. The molecule has 0 aliphatic rings. The Morgan fingerprint density at radius 2 is 1.80 bits per heavy atom.